The van der Waals surface area contributed by atoms with Crippen molar-refractivity contribution in [2.75, 3.05) is 31.7 Å². The second-order valence-corrected chi connectivity index (χ2v) is 9.17. The van der Waals surface area contributed by atoms with E-state index >= 15 is 0 Å². The van der Waals surface area contributed by atoms with Crippen LogP contribution in [0.25, 0.3) is 22.4 Å². The molecule has 0 spiro atoms. The number of aliphatic hydroxyl groups is 1. The molecule has 3 N–H and O–H groups in total. The van der Waals surface area contributed by atoms with E-state index < -0.39 is 11.6 Å². The minimum absolute atomic E-state index is 0.166. The molecule has 0 radical (unpaired) electrons. The molecule has 4 heterocycles. The molecule has 11 nitrogen and oxygen atoms in total. The van der Waals surface area contributed by atoms with Gasteiger partial charge in [-0.1, -0.05) is 41.9 Å². The van der Waals surface area contributed by atoms with Gasteiger partial charge in [0.25, 0.3) is 0 Å². The summed E-state index contributed by atoms with van der Waals surface area (Å²) in [6.07, 6.45) is 3.76. The molecule has 1 aromatic carbocycles. The molecule has 1 saturated heterocycles. The highest BCUT2D eigenvalue weighted by Gasteiger charge is 2.36. The van der Waals surface area contributed by atoms with Crippen molar-refractivity contribution in [1.82, 2.24) is 30.5 Å². The number of ether oxygens (including phenoxy) is 2. The molecule has 0 unspecified atom stereocenters. The van der Waals surface area contributed by atoms with Crippen molar-refractivity contribution in [3.8, 4) is 17.1 Å². The van der Waals surface area contributed by atoms with Crippen LogP contribution in [0.4, 0.5) is 10.6 Å². The predicted octanol–water partition coefficient (Wildman–Crippen LogP) is 3.33. The smallest absolute Gasteiger partial charge is 0.407 e. The largest absolute Gasteiger partial charge is 0.480 e. The van der Waals surface area contributed by atoms with Gasteiger partial charge >= 0.3 is 6.09 Å². The van der Waals surface area contributed by atoms with Crippen molar-refractivity contribution in [1.29, 1.82) is 0 Å². The van der Waals surface area contributed by atoms with Crippen LogP contribution in [0.1, 0.15) is 18.4 Å². The van der Waals surface area contributed by atoms with Crippen molar-refractivity contribution in [2.24, 2.45) is 0 Å². The van der Waals surface area contributed by atoms with E-state index in [1.165, 1.54) is 7.11 Å². The number of anilines is 1. The van der Waals surface area contributed by atoms with Crippen LogP contribution in [-0.2, 0) is 11.3 Å². The lowest BCUT2D eigenvalue weighted by Gasteiger charge is -2.41. The second-order valence-electron chi connectivity index (χ2n) is 8.79. The van der Waals surface area contributed by atoms with Crippen molar-refractivity contribution in [2.45, 2.75) is 25.0 Å². The minimum atomic E-state index is -0.764. The number of halogens is 1. The SMILES string of the molecule is COc1nccc(-c2n[nH]c3nc(N4CCC(CO)(NC(=O)OCc5ccccc5)CC4)cnc23)c1Cl. The van der Waals surface area contributed by atoms with Crippen LogP contribution in [0.5, 0.6) is 5.88 Å². The number of piperidine rings is 1. The Hall–Kier alpha value is -3.96. The third-order valence-electron chi connectivity index (χ3n) is 6.49. The normalized spacial score (nSPS) is 14.9. The number of benzene rings is 1. The van der Waals surface area contributed by atoms with Gasteiger partial charge in [-0.25, -0.2) is 19.7 Å². The molecule has 1 aliphatic heterocycles. The number of aliphatic hydroxyl groups excluding tert-OH is 1. The predicted molar refractivity (Wildman–Crippen MR) is 138 cm³/mol. The van der Waals surface area contributed by atoms with E-state index in [-0.39, 0.29) is 13.2 Å². The van der Waals surface area contributed by atoms with Gasteiger partial charge in [-0.15, -0.1) is 0 Å². The van der Waals surface area contributed by atoms with Gasteiger partial charge in [-0.05, 0) is 24.5 Å². The van der Waals surface area contributed by atoms with E-state index in [1.54, 1.807) is 18.5 Å². The third-order valence-corrected chi connectivity index (χ3v) is 6.86. The molecular weight excluding hydrogens is 498 g/mol. The minimum Gasteiger partial charge on any atom is -0.480 e. The Morgan fingerprint density at radius 1 is 1.22 bits per heavy atom. The number of hydrogen-bond donors (Lipinski definition) is 3. The first kappa shape index (κ1) is 24.7. The number of nitrogens with zero attached hydrogens (tertiary/aromatic N) is 5. The van der Waals surface area contributed by atoms with E-state index in [0.29, 0.717) is 65.1 Å². The van der Waals surface area contributed by atoms with Gasteiger partial charge < -0.3 is 24.8 Å². The van der Waals surface area contributed by atoms with Crippen LogP contribution < -0.4 is 15.0 Å². The number of hydrogen-bond acceptors (Lipinski definition) is 9. The Kier molecular flexibility index (Phi) is 7.06. The molecule has 4 aromatic rings. The van der Waals surface area contributed by atoms with Crippen LogP contribution in [-0.4, -0.2) is 68.7 Å². The number of aromatic nitrogens is 5. The number of amides is 1. The summed E-state index contributed by atoms with van der Waals surface area (Å²) < 4.78 is 10.6. The first-order valence-corrected chi connectivity index (χ1v) is 12.1. The van der Waals surface area contributed by atoms with Gasteiger partial charge in [-0.3, -0.25) is 5.10 Å². The molecule has 37 heavy (non-hydrogen) atoms. The fraction of sp³-hybridized carbons (Fsp3) is 0.320. The first-order valence-electron chi connectivity index (χ1n) is 11.8. The van der Waals surface area contributed by atoms with Gasteiger partial charge in [0.2, 0.25) is 5.88 Å². The lowest BCUT2D eigenvalue weighted by atomic mass is 9.88. The molecule has 3 aromatic heterocycles. The molecule has 1 fully saturated rings. The fourth-order valence-corrected chi connectivity index (χ4v) is 4.62. The van der Waals surface area contributed by atoms with Crippen LogP contribution in [0.2, 0.25) is 5.02 Å². The van der Waals surface area contributed by atoms with Crippen LogP contribution in [0, 0.1) is 0 Å². The number of H-pyrrole nitrogens is 1. The lowest BCUT2D eigenvalue weighted by molar-refractivity contribution is 0.0952. The van der Waals surface area contributed by atoms with Gasteiger partial charge in [0, 0.05) is 24.8 Å². The Balaban J connectivity index is 1.25. The molecule has 0 atom stereocenters. The van der Waals surface area contributed by atoms with E-state index in [0.717, 1.165) is 5.56 Å². The maximum absolute atomic E-state index is 12.4. The maximum atomic E-state index is 12.4. The fourth-order valence-electron chi connectivity index (χ4n) is 4.34. The number of pyridine rings is 1. The van der Waals surface area contributed by atoms with Crippen LogP contribution in [0.3, 0.4) is 0 Å². The number of carbonyl (C=O) groups excluding carboxylic acids is 1. The molecule has 192 valence electrons. The lowest BCUT2D eigenvalue weighted by Crippen LogP contribution is -2.57. The van der Waals surface area contributed by atoms with E-state index in [1.807, 2.05) is 30.3 Å². The van der Waals surface area contributed by atoms with Crippen LogP contribution >= 0.6 is 11.6 Å². The standard InChI is InChI=1S/C25H26ClN7O4/c1-36-23-19(26)17(7-10-27-23)20-21-22(32-31-20)29-18(13-28-21)33-11-8-25(15-34,9-12-33)30-24(35)37-14-16-5-3-2-4-6-16/h2-7,10,13,34H,8-9,11-12,14-15H2,1H3,(H,30,35)(H,29,31,32). The molecule has 1 amide bonds. The average Bonchev–Trinajstić information content (AvgIpc) is 3.36. The van der Waals surface area contributed by atoms with Crippen LogP contribution in [0.15, 0.2) is 48.8 Å². The number of rotatable bonds is 7. The van der Waals surface area contributed by atoms with E-state index in [9.17, 15) is 9.90 Å². The second kappa shape index (κ2) is 10.6. The Labute approximate surface area is 217 Å². The molecule has 0 bridgehead atoms. The molecule has 5 rings (SSSR count). The molecule has 12 heteroatoms. The van der Waals surface area contributed by atoms with Gasteiger partial charge in [-0.2, -0.15) is 5.10 Å². The maximum Gasteiger partial charge on any atom is 0.407 e. The summed E-state index contributed by atoms with van der Waals surface area (Å²) in [7, 11) is 1.50. The van der Waals surface area contributed by atoms with Crippen molar-refractivity contribution < 1.29 is 19.4 Å². The quantitative estimate of drug-likeness (QED) is 0.333. The monoisotopic (exact) mass is 523 g/mol. The Bertz CT molecular complexity index is 1390. The topological polar surface area (TPSA) is 138 Å². The number of nitrogens with one attached hydrogen (secondary N) is 2. The third kappa shape index (κ3) is 5.13. The molecular formula is C25H26ClN7O4. The van der Waals surface area contributed by atoms with Gasteiger partial charge in [0.05, 0.1) is 25.5 Å². The Morgan fingerprint density at radius 2 is 2.00 bits per heavy atom. The van der Waals surface area contributed by atoms with E-state index in [4.69, 9.17) is 26.1 Å². The van der Waals surface area contributed by atoms with Crippen molar-refractivity contribution in [3.63, 3.8) is 0 Å². The van der Waals surface area contributed by atoms with E-state index in [2.05, 4.69) is 30.4 Å². The summed E-state index contributed by atoms with van der Waals surface area (Å²) in [6.45, 7) is 1.10. The van der Waals surface area contributed by atoms with Gasteiger partial charge in [0.15, 0.2) is 5.65 Å². The molecule has 1 aliphatic rings. The highest BCUT2D eigenvalue weighted by Crippen LogP contribution is 2.35. The number of fused-ring (bicyclic) bond motifs is 1. The first-order chi connectivity index (χ1) is 18.0. The summed E-state index contributed by atoms with van der Waals surface area (Å²) >= 11 is 6.42. The highest BCUT2D eigenvalue weighted by molar-refractivity contribution is 6.34. The highest BCUT2D eigenvalue weighted by atomic mass is 35.5. The number of alkyl carbamates (subject to hydrolysis) is 1. The van der Waals surface area contributed by atoms with Crippen molar-refractivity contribution >= 4 is 34.7 Å². The zero-order chi connectivity index (χ0) is 25.8. The zero-order valence-corrected chi connectivity index (χ0v) is 20.9. The summed E-state index contributed by atoms with van der Waals surface area (Å²) in [6, 6.07) is 11.2. The average molecular weight is 524 g/mol. The summed E-state index contributed by atoms with van der Waals surface area (Å²) in [4.78, 5) is 27.9. The summed E-state index contributed by atoms with van der Waals surface area (Å²) in [5, 5.41) is 20.6. The molecule has 0 saturated carbocycles. The zero-order valence-electron chi connectivity index (χ0n) is 20.1. The molecule has 0 aliphatic carbocycles. The summed E-state index contributed by atoms with van der Waals surface area (Å²) in [5.41, 5.74) is 2.41. The number of carbonyl (C=O) groups is 1. The van der Waals surface area contributed by atoms with Gasteiger partial charge in [0.1, 0.15) is 28.7 Å². The number of methoxy groups -OCH3 is 1. The van der Waals surface area contributed by atoms with Crippen molar-refractivity contribution in [3.05, 3.63) is 59.4 Å². The summed E-state index contributed by atoms with van der Waals surface area (Å²) in [5.74, 6) is 0.970. The Morgan fingerprint density at radius 3 is 2.73 bits per heavy atom. The number of aromatic amines is 1.